The van der Waals surface area contributed by atoms with E-state index in [1.807, 2.05) is 0 Å². The van der Waals surface area contributed by atoms with Crippen LogP contribution in [0.25, 0.3) is 0 Å². The van der Waals surface area contributed by atoms with Crippen LogP contribution in [0.5, 0.6) is 0 Å². The predicted octanol–water partition coefficient (Wildman–Crippen LogP) is 4.76. The van der Waals surface area contributed by atoms with Gasteiger partial charge >= 0.3 is 6.03 Å². The Bertz CT molecular complexity index is 692. The lowest BCUT2D eigenvalue weighted by molar-refractivity contribution is 0.248. The molecule has 122 valence electrons. The Labute approximate surface area is 148 Å². The molecule has 2 N–H and O–H groups in total. The number of anilines is 1. The molecule has 0 aliphatic carbocycles. The van der Waals surface area contributed by atoms with Crippen LogP contribution < -0.4 is 10.6 Å². The Morgan fingerprint density at radius 1 is 1.26 bits per heavy atom. The Morgan fingerprint density at radius 3 is 2.57 bits per heavy atom. The highest BCUT2D eigenvalue weighted by atomic mass is 35.6. The number of alkyl halides is 3. The van der Waals surface area contributed by atoms with Crippen molar-refractivity contribution in [1.29, 1.82) is 0 Å². The predicted molar refractivity (Wildman–Crippen MR) is 90.6 cm³/mol. The van der Waals surface area contributed by atoms with E-state index in [9.17, 15) is 9.18 Å². The van der Waals surface area contributed by atoms with Gasteiger partial charge in [-0.25, -0.2) is 14.2 Å². The molecule has 1 aromatic heterocycles. The van der Waals surface area contributed by atoms with Gasteiger partial charge in [0.05, 0.1) is 0 Å². The second-order valence-electron chi connectivity index (χ2n) is 4.80. The van der Waals surface area contributed by atoms with Gasteiger partial charge in [-0.15, -0.1) is 0 Å². The van der Waals surface area contributed by atoms with Crippen molar-refractivity contribution >= 4 is 46.7 Å². The third-order valence-corrected chi connectivity index (χ3v) is 3.69. The van der Waals surface area contributed by atoms with Gasteiger partial charge in [0.15, 0.2) is 0 Å². The van der Waals surface area contributed by atoms with Gasteiger partial charge in [0.25, 0.3) is 0 Å². The molecule has 0 unspecified atom stereocenters. The first kappa shape index (κ1) is 17.8. The third kappa shape index (κ3) is 4.96. The molecule has 4 nitrogen and oxygen atoms in total. The average Bonchev–Trinajstić information content (AvgIpc) is 2.48. The summed E-state index contributed by atoms with van der Waals surface area (Å²) in [4.78, 5) is 16.0. The highest BCUT2D eigenvalue weighted by Crippen LogP contribution is 2.40. The number of carbonyl (C=O) groups excluding carboxylic acids is 1. The molecule has 23 heavy (non-hydrogen) atoms. The molecule has 0 aliphatic rings. The summed E-state index contributed by atoms with van der Waals surface area (Å²) in [5.41, 5.74) is 0.791. The molecule has 2 aromatic rings. The summed E-state index contributed by atoms with van der Waals surface area (Å²) >= 11 is 17.8. The minimum atomic E-state index is -1.86. The first-order chi connectivity index (χ1) is 10.8. The maximum Gasteiger partial charge on any atom is 0.321 e. The van der Waals surface area contributed by atoms with E-state index in [1.54, 1.807) is 37.3 Å². The summed E-state index contributed by atoms with van der Waals surface area (Å²) in [6.07, 6.45) is 1.53. The summed E-state index contributed by atoms with van der Waals surface area (Å²) in [5, 5.41) is 5.03. The number of nitrogens with zero attached hydrogens (tertiary/aromatic N) is 1. The van der Waals surface area contributed by atoms with E-state index in [0.717, 1.165) is 0 Å². The van der Waals surface area contributed by atoms with Crippen molar-refractivity contribution in [1.82, 2.24) is 10.3 Å². The number of nitrogens with one attached hydrogen (secondary N) is 2. The zero-order chi connectivity index (χ0) is 17.0. The number of urea groups is 1. The van der Waals surface area contributed by atoms with Gasteiger partial charge in [0.2, 0.25) is 3.79 Å². The van der Waals surface area contributed by atoms with Crippen molar-refractivity contribution < 1.29 is 9.18 Å². The standard InChI is InChI=1S/C15H13Cl3FN3O/c1-9-5-6-10(8-11(9)19)13(15(16,17)18)22-14(23)21-12-4-2-3-7-20-12/h2-8,13H,1H3,(H2,20,21,22,23)/t13-/m1/s1. The van der Waals surface area contributed by atoms with Crippen LogP contribution in [0.3, 0.4) is 0 Å². The Hall–Kier alpha value is -1.56. The molecule has 0 fully saturated rings. The number of rotatable bonds is 3. The highest BCUT2D eigenvalue weighted by Gasteiger charge is 2.35. The fraction of sp³-hybridized carbons (Fsp3) is 0.200. The fourth-order valence-corrected chi connectivity index (χ4v) is 2.40. The number of carbonyl (C=O) groups is 1. The van der Waals surface area contributed by atoms with Crippen LogP contribution in [0.2, 0.25) is 0 Å². The fourth-order valence-electron chi connectivity index (χ4n) is 1.86. The molecule has 2 rings (SSSR count). The van der Waals surface area contributed by atoms with Crippen LogP contribution in [-0.4, -0.2) is 14.8 Å². The van der Waals surface area contributed by atoms with Crippen molar-refractivity contribution in [2.75, 3.05) is 5.32 Å². The third-order valence-electron chi connectivity index (χ3n) is 3.04. The second kappa shape index (κ2) is 7.34. The zero-order valence-corrected chi connectivity index (χ0v) is 14.3. The van der Waals surface area contributed by atoms with Crippen molar-refractivity contribution in [3.63, 3.8) is 0 Å². The van der Waals surface area contributed by atoms with Gasteiger partial charge in [-0.05, 0) is 36.2 Å². The second-order valence-corrected chi connectivity index (χ2v) is 7.17. The van der Waals surface area contributed by atoms with Gasteiger partial charge in [-0.1, -0.05) is 53.0 Å². The number of halogens is 4. The van der Waals surface area contributed by atoms with E-state index >= 15 is 0 Å². The largest absolute Gasteiger partial charge is 0.327 e. The van der Waals surface area contributed by atoms with Gasteiger partial charge in [0, 0.05) is 6.20 Å². The smallest absolute Gasteiger partial charge is 0.321 e. The molecule has 0 saturated heterocycles. The maximum atomic E-state index is 13.7. The number of aromatic nitrogens is 1. The van der Waals surface area contributed by atoms with Crippen LogP contribution in [0.4, 0.5) is 15.0 Å². The molecule has 1 atom stereocenters. The Morgan fingerprint density at radius 2 is 2.00 bits per heavy atom. The van der Waals surface area contributed by atoms with Crippen LogP contribution in [0, 0.1) is 12.7 Å². The first-order valence-corrected chi connectivity index (χ1v) is 7.72. The summed E-state index contributed by atoms with van der Waals surface area (Å²) in [6.45, 7) is 1.62. The normalized spacial score (nSPS) is 12.6. The van der Waals surface area contributed by atoms with Gasteiger partial charge in [-0.3, -0.25) is 5.32 Å². The minimum absolute atomic E-state index is 0.336. The van der Waals surface area contributed by atoms with Gasteiger partial charge in [0.1, 0.15) is 17.7 Å². The Kier molecular flexibility index (Phi) is 5.68. The molecule has 1 heterocycles. The summed E-state index contributed by atoms with van der Waals surface area (Å²) in [7, 11) is 0. The quantitative estimate of drug-likeness (QED) is 0.759. The van der Waals surface area contributed by atoms with Crippen molar-refractivity contribution in [2.45, 2.75) is 16.8 Å². The lowest BCUT2D eigenvalue weighted by Gasteiger charge is -2.26. The molecule has 0 spiro atoms. The number of pyridine rings is 1. The minimum Gasteiger partial charge on any atom is -0.327 e. The van der Waals surface area contributed by atoms with E-state index in [2.05, 4.69) is 15.6 Å². The molecule has 8 heteroatoms. The monoisotopic (exact) mass is 375 g/mol. The summed E-state index contributed by atoms with van der Waals surface area (Å²) in [5.74, 6) is -0.114. The molecule has 1 aromatic carbocycles. The maximum absolute atomic E-state index is 13.7. The van der Waals surface area contributed by atoms with Crippen molar-refractivity contribution in [3.8, 4) is 0 Å². The van der Waals surface area contributed by atoms with E-state index in [4.69, 9.17) is 34.8 Å². The van der Waals surface area contributed by atoms with Crippen LogP contribution in [0.1, 0.15) is 17.2 Å². The number of hydrogen-bond donors (Lipinski definition) is 2. The molecule has 0 aliphatic heterocycles. The van der Waals surface area contributed by atoms with Gasteiger partial charge in [-0.2, -0.15) is 0 Å². The molecular formula is C15H13Cl3FN3O. The number of aryl methyl sites for hydroxylation is 1. The van der Waals surface area contributed by atoms with Crippen LogP contribution in [0.15, 0.2) is 42.6 Å². The molecule has 2 amide bonds. The molecule has 0 radical (unpaired) electrons. The molecule has 0 bridgehead atoms. The van der Waals surface area contributed by atoms with Crippen molar-refractivity contribution in [2.24, 2.45) is 0 Å². The average molecular weight is 377 g/mol. The lowest BCUT2D eigenvalue weighted by Crippen LogP contribution is -2.39. The van der Waals surface area contributed by atoms with E-state index in [-0.39, 0.29) is 0 Å². The van der Waals surface area contributed by atoms with E-state index in [0.29, 0.717) is 16.9 Å². The Balaban J connectivity index is 2.19. The van der Waals surface area contributed by atoms with Crippen LogP contribution in [-0.2, 0) is 0 Å². The number of amides is 2. The zero-order valence-electron chi connectivity index (χ0n) is 12.0. The summed E-state index contributed by atoms with van der Waals surface area (Å²) < 4.78 is 11.9. The van der Waals surface area contributed by atoms with Crippen molar-refractivity contribution in [3.05, 3.63) is 59.5 Å². The SMILES string of the molecule is Cc1ccc([C@@H](NC(=O)Nc2ccccn2)C(Cl)(Cl)Cl)cc1F. The number of benzene rings is 1. The first-order valence-electron chi connectivity index (χ1n) is 6.58. The number of hydrogen-bond acceptors (Lipinski definition) is 2. The van der Waals surface area contributed by atoms with Crippen LogP contribution >= 0.6 is 34.8 Å². The summed E-state index contributed by atoms with van der Waals surface area (Å²) in [6, 6.07) is 7.73. The van der Waals surface area contributed by atoms with E-state index in [1.165, 1.54) is 12.3 Å². The van der Waals surface area contributed by atoms with E-state index < -0.39 is 21.7 Å². The van der Waals surface area contributed by atoms with Gasteiger partial charge < -0.3 is 5.32 Å². The highest BCUT2D eigenvalue weighted by molar-refractivity contribution is 6.68. The topological polar surface area (TPSA) is 54.0 Å². The lowest BCUT2D eigenvalue weighted by atomic mass is 10.1. The molecule has 0 saturated carbocycles. The molecular weight excluding hydrogens is 364 g/mol.